The predicted octanol–water partition coefficient (Wildman–Crippen LogP) is -0.777. The molecule has 0 saturated carbocycles. The average molecular weight is 77.0 g/mol. The fraction of sp³-hybridized carbons (Fsp3) is 0. The number of nitrogens with zero attached hydrogens (tertiary/aromatic N) is 1. The molecule has 0 aromatic rings. The molecule has 0 spiro atoms. The van der Waals surface area contributed by atoms with E-state index in [2.05, 4.69) is 0 Å². The minimum atomic E-state index is -0.556. The molecule has 0 aromatic carbocycles. The van der Waals surface area contributed by atoms with Crippen molar-refractivity contribution in [2.75, 3.05) is 0 Å². The lowest BCUT2D eigenvalue weighted by Gasteiger charge is -1.88. The van der Waals surface area contributed by atoms with Crippen LogP contribution in [-0.2, 0) is 4.79 Å². The third kappa shape index (κ3) is 3.39. The maximum Gasteiger partial charge on any atom is 0.260 e. The lowest BCUT2D eigenvalue weighted by molar-refractivity contribution is -0.273. The number of rotatable bonds is 1. The molecule has 0 rings (SSSR count). The van der Waals surface area contributed by atoms with Gasteiger partial charge in [0.05, 0.1) is 0 Å². The fourth-order valence-corrected chi connectivity index (χ4v) is 0. The van der Waals surface area contributed by atoms with Crippen molar-refractivity contribution >= 4 is 6.41 Å². The van der Waals surface area contributed by atoms with Crippen LogP contribution >= 0.6 is 0 Å². The molecule has 0 aliphatic carbocycles. The Bertz CT molecular complexity index is 33.9. The third-order valence-corrected chi connectivity index (χ3v) is 0.0943. The van der Waals surface area contributed by atoms with E-state index in [1.165, 1.54) is 0 Å². The highest BCUT2D eigenvalue weighted by Gasteiger charge is 1.73. The summed E-state index contributed by atoms with van der Waals surface area (Å²) in [4.78, 5) is 8.93. The number of hydroxylamine groups is 2. The van der Waals surface area contributed by atoms with Crippen LogP contribution < -0.4 is 0 Å². The van der Waals surface area contributed by atoms with Gasteiger partial charge in [-0.2, -0.15) is 0 Å². The van der Waals surface area contributed by atoms with Gasteiger partial charge in [-0.15, -0.1) is 0 Å². The first kappa shape index (κ1) is 4.39. The van der Waals surface area contributed by atoms with Crippen LogP contribution in [0.2, 0.25) is 0 Å². The van der Waals surface area contributed by atoms with E-state index in [0.29, 0.717) is 0 Å². The van der Waals surface area contributed by atoms with Crippen LogP contribution in [0.5, 0.6) is 0 Å². The van der Waals surface area contributed by atoms with E-state index in [1.54, 1.807) is 0 Å². The minimum Gasteiger partial charge on any atom is -0.274 e. The van der Waals surface area contributed by atoms with Gasteiger partial charge in [0, 0.05) is 0 Å². The lowest BCUT2D eigenvalue weighted by Crippen LogP contribution is -2.08. The van der Waals surface area contributed by atoms with Crippen LogP contribution in [-0.4, -0.2) is 22.1 Å². The summed E-state index contributed by atoms with van der Waals surface area (Å²) in [6, 6.07) is 0. The van der Waals surface area contributed by atoms with Gasteiger partial charge in [-0.25, -0.2) is 0 Å². The highest BCUT2D eigenvalue weighted by Crippen LogP contribution is 1.49. The molecule has 0 unspecified atom stereocenters. The molecule has 0 aliphatic heterocycles. The zero-order valence-electron chi connectivity index (χ0n) is 2.33. The highest BCUT2D eigenvalue weighted by atomic mass is 16.8. The summed E-state index contributed by atoms with van der Waals surface area (Å²) < 4.78 is 0. The molecule has 5 heavy (non-hydrogen) atoms. The number of carbonyl (C=O) groups excluding carboxylic acids is 1. The van der Waals surface area contributed by atoms with E-state index in [0.717, 1.165) is 0 Å². The first-order valence-corrected chi connectivity index (χ1v) is 0.894. The topological polar surface area (TPSA) is 60.8 Å². The molecule has 0 bridgehead atoms. The maximum absolute atomic E-state index is 8.93. The van der Waals surface area contributed by atoms with Gasteiger partial charge in [0.25, 0.3) is 6.41 Å². The van der Waals surface area contributed by atoms with Crippen molar-refractivity contribution in [3.63, 3.8) is 0 Å². The molecule has 2 N–H and O–H groups in total. The van der Waals surface area contributed by atoms with Crippen molar-refractivity contribution in [1.29, 1.82) is 0 Å². The number of carbonyl (C=O) groups is 1. The highest BCUT2D eigenvalue weighted by molar-refractivity contribution is 5.42. The molecular formula is CH3NO3. The smallest absolute Gasteiger partial charge is 0.260 e. The van der Waals surface area contributed by atoms with E-state index in [9.17, 15) is 0 Å². The van der Waals surface area contributed by atoms with E-state index < -0.39 is 5.23 Å². The van der Waals surface area contributed by atoms with Gasteiger partial charge in [0.2, 0.25) is 0 Å². The van der Waals surface area contributed by atoms with Gasteiger partial charge < -0.3 is 0 Å². The number of amides is 1. The Kier molecular flexibility index (Phi) is 1.48. The summed E-state index contributed by atoms with van der Waals surface area (Å²) >= 11 is 0. The van der Waals surface area contributed by atoms with E-state index in [-0.39, 0.29) is 6.41 Å². The molecule has 4 nitrogen and oxygen atoms in total. The van der Waals surface area contributed by atoms with Crippen LogP contribution in [0.1, 0.15) is 0 Å². The molecule has 4 heteroatoms. The molecule has 1 amide bonds. The zero-order valence-corrected chi connectivity index (χ0v) is 2.33. The van der Waals surface area contributed by atoms with Crippen LogP contribution in [0, 0.1) is 0 Å². The Hall–Kier alpha value is -0.610. The van der Waals surface area contributed by atoms with Gasteiger partial charge in [0.15, 0.2) is 0 Å². The predicted molar refractivity (Wildman–Crippen MR) is 11.5 cm³/mol. The molecule has 0 fully saturated rings. The molecule has 30 valence electrons. The molecular weight excluding hydrogens is 74.0 g/mol. The van der Waals surface area contributed by atoms with Crippen LogP contribution in [0.3, 0.4) is 0 Å². The zero-order chi connectivity index (χ0) is 4.28. The van der Waals surface area contributed by atoms with Crippen LogP contribution in [0.15, 0.2) is 0 Å². The molecule has 0 heterocycles. The van der Waals surface area contributed by atoms with Crippen molar-refractivity contribution in [3.05, 3.63) is 0 Å². The normalized spacial score (nSPS) is 6.80. The van der Waals surface area contributed by atoms with Gasteiger partial charge >= 0.3 is 0 Å². The van der Waals surface area contributed by atoms with Gasteiger partial charge in [0.1, 0.15) is 0 Å². The van der Waals surface area contributed by atoms with E-state index in [1.807, 2.05) is 0 Å². The molecule has 0 aliphatic rings. The Morgan fingerprint density at radius 2 is 1.80 bits per heavy atom. The second-order valence-corrected chi connectivity index (χ2v) is 0.426. The molecule has 0 saturated heterocycles. The Morgan fingerprint density at radius 1 is 1.60 bits per heavy atom. The van der Waals surface area contributed by atoms with Crippen molar-refractivity contribution in [3.8, 4) is 0 Å². The second kappa shape index (κ2) is 1.68. The Balaban J connectivity index is 2.83. The van der Waals surface area contributed by atoms with Gasteiger partial charge in [-0.1, -0.05) is 5.23 Å². The fourth-order valence-electron chi connectivity index (χ4n) is 0. The summed E-state index contributed by atoms with van der Waals surface area (Å²) in [7, 11) is 0. The minimum absolute atomic E-state index is 0.139. The number of hydrogen-bond donors (Lipinski definition) is 2. The molecule has 0 aromatic heterocycles. The van der Waals surface area contributed by atoms with Crippen LogP contribution in [0.4, 0.5) is 0 Å². The van der Waals surface area contributed by atoms with Gasteiger partial charge in [-0.05, 0) is 0 Å². The summed E-state index contributed by atoms with van der Waals surface area (Å²) in [6.07, 6.45) is -0.139. The van der Waals surface area contributed by atoms with Gasteiger partial charge in [-0.3, -0.25) is 15.2 Å². The van der Waals surface area contributed by atoms with Crippen molar-refractivity contribution < 1.29 is 15.2 Å². The first-order valence-electron chi connectivity index (χ1n) is 0.894. The summed E-state index contributed by atoms with van der Waals surface area (Å²) in [6.45, 7) is 0. The summed E-state index contributed by atoms with van der Waals surface area (Å²) in [5.74, 6) is 0. The largest absolute Gasteiger partial charge is 0.274 e. The molecule has 0 atom stereocenters. The SMILES string of the molecule is O=CN(O)O. The molecule has 0 radical (unpaired) electrons. The maximum atomic E-state index is 8.93. The third-order valence-electron chi connectivity index (χ3n) is 0.0943. The van der Waals surface area contributed by atoms with Crippen LogP contribution in [0.25, 0.3) is 0 Å². The number of hydrogen-bond acceptors (Lipinski definition) is 3. The quantitative estimate of drug-likeness (QED) is 0.245. The monoisotopic (exact) mass is 77.0 g/mol. The van der Waals surface area contributed by atoms with E-state index in [4.69, 9.17) is 15.2 Å². The van der Waals surface area contributed by atoms with Crippen molar-refractivity contribution in [2.24, 2.45) is 0 Å². The Labute approximate surface area is 28.2 Å². The lowest BCUT2D eigenvalue weighted by atomic mass is 11.4. The van der Waals surface area contributed by atoms with Crippen molar-refractivity contribution in [1.82, 2.24) is 5.23 Å². The second-order valence-electron chi connectivity index (χ2n) is 0.426. The van der Waals surface area contributed by atoms with E-state index >= 15 is 0 Å². The standard InChI is InChI=1S/CH3NO3/c3-1-2(4)5/h1,4-5H. The summed E-state index contributed by atoms with van der Waals surface area (Å²) in [5.41, 5.74) is 0. The average Bonchev–Trinajstić information content (AvgIpc) is 1.38. The Morgan fingerprint density at radius 3 is 1.80 bits per heavy atom. The summed E-state index contributed by atoms with van der Waals surface area (Å²) in [5, 5.41) is 14.2. The van der Waals surface area contributed by atoms with Crippen molar-refractivity contribution in [2.45, 2.75) is 0 Å². The first-order chi connectivity index (χ1) is 2.27.